The predicted molar refractivity (Wildman–Crippen MR) is 82.6 cm³/mol. The van der Waals surface area contributed by atoms with E-state index in [1.54, 1.807) is 0 Å². The summed E-state index contributed by atoms with van der Waals surface area (Å²) in [6.07, 6.45) is 1.01. The molecule has 2 rings (SSSR count). The molecule has 3 heteroatoms. The van der Waals surface area contributed by atoms with Gasteiger partial charge < -0.3 is 15.8 Å². The molecular weight excluding hydrogens is 248 g/mol. The van der Waals surface area contributed by atoms with Crippen molar-refractivity contribution < 1.29 is 4.74 Å². The Morgan fingerprint density at radius 2 is 1.65 bits per heavy atom. The fourth-order valence-electron chi connectivity index (χ4n) is 1.90. The Morgan fingerprint density at radius 1 is 0.900 bits per heavy atom. The molecule has 2 aromatic carbocycles. The van der Waals surface area contributed by atoms with E-state index in [1.807, 2.05) is 30.3 Å². The summed E-state index contributed by atoms with van der Waals surface area (Å²) in [5.74, 6) is 0.902. The summed E-state index contributed by atoms with van der Waals surface area (Å²) in [7, 11) is 0. The standard InChI is InChI=1S/C17H22N2O/c18-11-4-12-19-13-15-7-9-17(10-8-15)20-14-16-5-2-1-3-6-16/h1-3,5-10,19H,4,11-14,18H2. The summed E-state index contributed by atoms with van der Waals surface area (Å²) in [6.45, 7) is 3.18. The molecule has 3 N–H and O–H groups in total. The van der Waals surface area contributed by atoms with Gasteiger partial charge in [0, 0.05) is 6.54 Å². The Bertz CT molecular complexity index is 482. The third kappa shape index (κ3) is 5.03. The van der Waals surface area contributed by atoms with Crippen LogP contribution in [0.15, 0.2) is 54.6 Å². The van der Waals surface area contributed by atoms with Crippen LogP contribution in [-0.2, 0) is 13.2 Å². The Balaban J connectivity index is 1.76. The Hall–Kier alpha value is -1.84. The van der Waals surface area contributed by atoms with Crippen molar-refractivity contribution in [2.45, 2.75) is 19.6 Å². The first-order valence-corrected chi connectivity index (χ1v) is 7.05. The minimum atomic E-state index is 0.606. The van der Waals surface area contributed by atoms with Gasteiger partial charge in [0.2, 0.25) is 0 Å². The van der Waals surface area contributed by atoms with Crippen LogP contribution in [0.5, 0.6) is 5.75 Å². The monoisotopic (exact) mass is 270 g/mol. The molecule has 2 aromatic rings. The number of ether oxygens (including phenoxy) is 1. The van der Waals surface area contributed by atoms with E-state index < -0.39 is 0 Å². The van der Waals surface area contributed by atoms with Crippen molar-refractivity contribution in [1.82, 2.24) is 5.32 Å². The third-order valence-electron chi connectivity index (χ3n) is 3.06. The molecule has 0 atom stereocenters. The van der Waals surface area contributed by atoms with E-state index in [2.05, 4.69) is 29.6 Å². The molecule has 0 aromatic heterocycles. The fourth-order valence-corrected chi connectivity index (χ4v) is 1.90. The van der Waals surface area contributed by atoms with Crippen molar-refractivity contribution in [2.75, 3.05) is 13.1 Å². The average Bonchev–Trinajstić information content (AvgIpc) is 2.52. The van der Waals surface area contributed by atoms with Gasteiger partial charge in [0.15, 0.2) is 0 Å². The van der Waals surface area contributed by atoms with Gasteiger partial charge in [-0.1, -0.05) is 42.5 Å². The van der Waals surface area contributed by atoms with Gasteiger partial charge in [-0.2, -0.15) is 0 Å². The Labute approximate surface area is 120 Å². The number of benzene rings is 2. The maximum atomic E-state index is 5.75. The van der Waals surface area contributed by atoms with Gasteiger partial charge >= 0.3 is 0 Å². The molecule has 106 valence electrons. The molecule has 0 fully saturated rings. The molecule has 20 heavy (non-hydrogen) atoms. The van der Waals surface area contributed by atoms with Crippen LogP contribution in [0.2, 0.25) is 0 Å². The quantitative estimate of drug-likeness (QED) is 0.725. The van der Waals surface area contributed by atoms with E-state index >= 15 is 0 Å². The number of hydrogen-bond acceptors (Lipinski definition) is 3. The largest absolute Gasteiger partial charge is 0.489 e. The summed E-state index contributed by atoms with van der Waals surface area (Å²) in [4.78, 5) is 0. The number of nitrogens with one attached hydrogen (secondary N) is 1. The summed E-state index contributed by atoms with van der Waals surface area (Å²) in [5.41, 5.74) is 7.89. The maximum Gasteiger partial charge on any atom is 0.119 e. The lowest BCUT2D eigenvalue weighted by Gasteiger charge is -2.08. The first-order valence-electron chi connectivity index (χ1n) is 7.05. The molecular formula is C17H22N2O. The van der Waals surface area contributed by atoms with E-state index in [4.69, 9.17) is 10.5 Å². The van der Waals surface area contributed by atoms with Crippen LogP contribution in [0.4, 0.5) is 0 Å². The second kappa shape index (κ2) is 8.35. The Morgan fingerprint density at radius 3 is 2.35 bits per heavy atom. The molecule has 0 heterocycles. The van der Waals surface area contributed by atoms with Crippen molar-refractivity contribution in [1.29, 1.82) is 0 Å². The van der Waals surface area contributed by atoms with E-state index in [1.165, 1.54) is 11.1 Å². The zero-order chi connectivity index (χ0) is 14.0. The lowest BCUT2D eigenvalue weighted by molar-refractivity contribution is 0.306. The number of hydrogen-bond donors (Lipinski definition) is 2. The molecule has 0 saturated heterocycles. The van der Waals surface area contributed by atoms with Crippen LogP contribution in [0.3, 0.4) is 0 Å². The minimum Gasteiger partial charge on any atom is -0.489 e. The first-order chi connectivity index (χ1) is 9.88. The van der Waals surface area contributed by atoms with Crippen molar-refractivity contribution in [3.8, 4) is 5.75 Å². The lowest BCUT2D eigenvalue weighted by Crippen LogP contribution is -2.17. The van der Waals surface area contributed by atoms with Crippen LogP contribution in [-0.4, -0.2) is 13.1 Å². The second-order valence-electron chi connectivity index (χ2n) is 4.74. The van der Waals surface area contributed by atoms with Gasteiger partial charge in [0.05, 0.1) is 0 Å². The summed E-state index contributed by atoms with van der Waals surface area (Å²) in [6, 6.07) is 18.4. The maximum absolute atomic E-state index is 5.75. The third-order valence-corrected chi connectivity index (χ3v) is 3.06. The van der Waals surface area contributed by atoms with Crippen LogP contribution in [0, 0.1) is 0 Å². The first kappa shape index (κ1) is 14.6. The van der Waals surface area contributed by atoms with E-state index in [9.17, 15) is 0 Å². The van der Waals surface area contributed by atoms with Crippen LogP contribution in [0.25, 0.3) is 0 Å². The molecule has 0 aliphatic heterocycles. The van der Waals surface area contributed by atoms with Gasteiger partial charge in [-0.3, -0.25) is 0 Å². The van der Waals surface area contributed by atoms with E-state index in [-0.39, 0.29) is 0 Å². The van der Waals surface area contributed by atoms with Crippen LogP contribution in [0.1, 0.15) is 17.5 Å². The van der Waals surface area contributed by atoms with Crippen molar-refractivity contribution in [2.24, 2.45) is 5.73 Å². The highest BCUT2D eigenvalue weighted by atomic mass is 16.5. The van der Waals surface area contributed by atoms with Crippen molar-refractivity contribution >= 4 is 0 Å². The SMILES string of the molecule is NCCCNCc1ccc(OCc2ccccc2)cc1. The summed E-state index contributed by atoms with van der Waals surface area (Å²) >= 11 is 0. The van der Waals surface area contributed by atoms with Gasteiger partial charge in [0.25, 0.3) is 0 Å². The van der Waals surface area contributed by atoms with Gasteiger partial charge in [0.1, 0.15) is 12.4 Å². The van der Waals surface area contributed by atoms with Gasteiger partial charge in [-0.05, 0) is 42.8 Å². The topological polar surface area (TPSA) is 47.3 Å². The molecule has 3 nitrogen and oxygen atoms in total. The fraction of sp³-hybridized carbons (Fsp3) is 0.294. The highest BCUT2D eigenvalue weighted by molar-refractivity contribution is 5.27. The minimum absolute atomic E-state index is 0.606. The molecule has 0 radical (unpaired) electrons. The summed E-state index contributed by atoms with van der Waals surface area (Å²) in [5, 5.41) is 3.36. The zero-order valence-corrected chi connectivity index (χ0v) is 11.7. The average molecular weight is 270 g/mol. The van der Waals surface area contributed by atoms with Gasteiger partial charge in [-0.15, -0.1) is 0 Å². The normalized spacial score (nSPS) is 10.4. The molecule has 0 bridgehead atoms. The molecule has 0 aliphatic rings. The second-order valence-corrected chi connectivity index (χ2v) is 4.74. The summed E-state index contributed by atoms with van der Waals surface area (Å²) < 4.78 is 5.75. The molecule has 0 amide bonds. The lowest BCUT2D eigenvalue weighted by atomic mass is 10.2. The number of rotatable bonds is 8. The highest BCUT2D eigenvalue weighted by Crippen LogP contribution is 2.14. The highest BCUT2D eigenvalue weighted by Gasteiger charge is 1.97. The van der Waals surface area contributed by atoms with Crippen molar-refractivity contribution in [3.05, 3.63) is 65.7 Å². The predicted octanol–water partition coefficient (Wildman–Crippen LogP) is 2.70. The van der Waals surface area contributed by atoms with E-state index in [0.29, 0.717) is 6.61 Å². The molecule has 0 aliphatic carbocycles. The molecule has 0 spiro atoms. The van der Waals surface area contributed by atoms with Gasteiger partial charge in [-0.25, -0.2) is 0 Å². The van der Waals surface area contributed by atoms with Crippen LogP contribution < -0.4 is 15.8 Å². The van der Waals surface area contributed by atoms with Crippen molar-refractivity contribution in [3.63, 3.8) is 0 Å². The van der Waals surface area contributed by atoms with Crippen LogP contribution >= 0.6 is 0 Å². The Kier molecular flexibility index (Phi) is 6.08. The zero-order valence-electron chi connectivity index (χ0n) is 11.7. The van der Waals surface area contributed by atoms with E-state index in [0.717, 1.165) is 31.8 Å². The molecule has 0 saturated carbocycles. The smallest absolute Gasteiger partial charge is 0.119 e. The number of nitrogens with two attached hydrogens (primary N) is 1. The molecule has 0 unspecified atom stereocenters.